The maximum Gasteiger partial charge on any atom is 0.119 e. The molecule has 160 valence electrons. The summed E-state index contributed by atoms with van der Waals surface area (Å²) in [6.45, 7) is 8.79. The van der Waals surface area contributed by atoms with Crippen LogP contribution in [-0.4, -0.2) is 24.4 Å². The zero-order valence-corrected chi connectivity index (χ0v) is 19.8. The van der Waals surface area contributed by atoms with Crippen LogP contribution in [0.3, 0.4) is 0 Å². The minimum atomic E-state index is 0.0844. The Kier molecular flexibility index (Phi) is 6.78. The predicted octanol–water partition coefficient (Wildman–Crippen LogP) is 7.38. The molecule has 2 aromatic carbocycles. The average Bonchev–Trinajstić information content (AvgIpc) is 3.17. The first-order valence-electron chi connectivity index (χ1n) is 11.1. The maximum atomic E-state index is 5.58. The van der Waals surface area contributed by atoms with Crippen LogP contribution in [0.5, 0.6) is 5.75 Å². The molecule has 1 N–H and O–H groups in total. The Morgan fingerprint density at radius 1 is 1.23 bits per heavy atom. The van der Waals surface area contributed by atoms with Gasteiger partial charge in [0.2, 0.25) is 0 Å². The molecular weight excluding hydrogens is 397 g/mol. The van der Waals surface area contributed by atoms with Crippen LogP contribution in [-0.2, 0) is 6.42 Å². The first kappa shape index (κ1) is 21.7. The molecule has 2 nitrogen and oxygen atoms in total. The number of hydrogen-bond acceptors (Lipinski definition) is 1. The normalized spacial score (nSPS) is 16.4. The number of fused-ring (bicyclic) bond motifs is 1. The summed E-state index contributed by atoms with van der Waals surface area (Å²) in [7, 11) is 2.75. The molecule has 0 fully saturated rings. The molecule has 2 atom stereocenters. The number of aryl methyl sites for hydroxylation is 1. The van der Waals surface area contributed by atoms with E-state index in [1.54, 1.807) is 7.11 Å². The number of aromatic nitrogens is 1. The number of H-pyrrole nitrogens is 1. The number of allylic oxidation sites excluding steroid dienone is 5. The average molecular weight is 430 g/mol. The lowest BCUT2D eigenvalue weighted by Gasteiger charge is -2.24. The first-order chi connectivity index (χ1) is 15.1. The molecule has 4 rings (SSSR count). The Hall–Kier alpha value is -2.57. The number of rotatable bonds is 7. The highest BCUT2D eigenvalue weighted by Crippen LogP contribution is 2.41. The quantitative estimate of drug-likeness (QED) is 0.307. The van der Waals surface area contributed by atoms with Crippen LogP contribution in [0.1, 0.15) is 43.0 Å². The standard InChI is InChI=1S/C28H32NOP/c1-5-23-24-13-6-7-14-26(24)29-28(23)27(21-11-8-12-22(17-21)30-4)25(19(2)3)16-20-10-9-15-31-18-20/h6-8,10-14,16-17,27,29,31H,2,5,9,15,18H2,1,3-4H3/b25-16+. The second kappa shape index (κ2) is 9.71. The van der Waals surface area contributed by atoms with E-state index in [0.29, 0.717) is 0 Å². The second-order valence-corrected chi connectivity index (χ2v) is 9.60. The molecular formula is C28H32NOP. The van der Waals surface area contributed by atoms with Crippen molar-refractivity contribution in [3.05, 3.63) is 101 Å². The van der Waals surface area contributed by atoms with E-state index in [1.807, 2.05) is 6.07 Å². The summed E-state index contributed by atoms with van der Waals surface area (Å²) in [5.41, 5.74) is 8.93. The van der Waals surface area contributed by atoms with Crippen molar-refractivity contribution >= 4 is 19.5 Å². The van der Waals surface area contributed by atoms with Crippen LogP contribution in [0, 0.1) is 0 Å². The molecule has 0 saturated heterocycles. The van der Waals surface area contributed by atoms with Crippen molar-refractivity contribution in [1.29, 1.82) is 0 Å². The third-order valence-electron chi connectivity index (χ3n) is 6.12. The fourth-order valence-corrected chi connectivity index (χ4v) is 5.66. The number of methoxy groups -OCH3 is 1. The van der Waals surface area contributed by atoms with Gasteiger partial charge >= 0.3 is 0 Å². The fraction of sp³-hybridized carbons (Fsp3) is 0.286. The zero-order chi connectivity index (χ0) is 21.8. The van der Waals surface area contributed by atoms with Crippen LogP contribution in [0.25, 0.3) is 10.9 Å². The summed E-state index contributed by atoms with van der Waals surface area (Å²) in [4.78, 5) is 3.78. The molecule has 2 unspecified atom stereocenters. The maximum absolute atomic E-state index is 5.58. The van der Waals surface area contributed by atoms with Crippen molar-refractivity contribution in [2.45, 2.75) is 32.6 Å². The van der Waals surface area contributed by atoms with Gasteiger partial charge in [0.05, 0.1) is 7.11 Å². The molecule has 0 bridgehead atoms. The van der Waals surface area contributed by atoms with E-state index < -0.39 is 0 Å². The van der Waals surface area contributed by atoms with Crippen molar-refractivity contribution in [1.82, 2.24) is 4.98 Å². The summed E-state index contributed by atoms with van der Waals surface area (Å²) in [6.07, 6.45) is 9.48. The molecule has 0 amide bonds. The summed E-state index contributed by atoms with van der Waals surface area (Å²) >= 11 is 0. The first-order valence-corrected chi connectivity index (χ1v) is 12.5. The monoisotopic (exact) mass is 429 g/mol. The van der Waals surface area contributed by atoms with Gasteiger partial charge in [-0.3, -0.25) is 0 Å². The highest BCUT2D eigenvalue weighted by Gasteiger charge is 2.26. The van der Waals surface area contributed by atoms with Gasteiger partial charge in [0.1, 0.15) is 5.75 Å². The number of nitrogens with one attached hydrogen (secondary N) is 1. The smallest absolute Gasteiger partial charge is 0.119 e. The zero-order valence-electron chi connectivity index (χ0n) is 18.8. The van der Waals surface area contributed by atoms with Crippen molar-refractivity contribution in [3.8, 4) is 5.75 Å². The number of ether oxygens (including phenoxy) is 1. The Morgan fingerprint density at radius 3 is 2.77 bits per heavy atom. The summed E-state index contributed by atoms with van der Waals surface area (Å²) in [5.74, 6) is 0.970. The van der Waals surface area contributed by atoms with Gasteiger partial charge in [-0.2, -0.15) is 0 Å². The highest BCUT2D eigenvalue weighted by molar-refractivity contribution is 7.38. The molecule has 1 aliphatic heterocycles. The third kappa shape index (κ3) is 4.55. The largest absolute Gasteiger partial charge is 0.497 e. The summed E-state index contributed by atoms with van der Waals surface area (Å²) in [5, 5.41) is 1.31. The van der Waals surface area contributed by atoms with Crippen LogP contribution >= 0.6 is 8.58 Å². The SMILES string of the molecule is C=C(C)/C(=C\C1=CCCPC1)C(c1cccc(OC)c1)c1[nH]c2ccccc2c1CC. The van der Waals surface area contributed by atoms with Gasteiger partial charge in [-0.1, -0.05) is 61.6 Å². The number of aromatic amines is 1. The van der Waals surface area contributed by atoms with Gasteiger partial charge in [-0.25, -0.2) is 0 Å². The van der Waals surface area contributed by atoms with Gasteiger partial charge in [0.15, 0.2) is 0 Å². The third-order valence-corrected chi connectivity index (χ3v) is 7.42. The van der Waals surface area contributed by atoms with Crippen molar-refractivity contribution in [3.63, 3.8) is 0 Å². The molecule has 0 aliphatic carbocycles. The number of para-hydroxylation sites is 1. The minimum absolute atomic E-state index is 0.0844. The lowest BCUT2D eigenvalue weighted by Crippen LogP contribution is -2.10. The molecule has 3 aromatic rings. The molecule has 0 radical (unpaired) electrons. The van der Waals surface area contributed by atoms with Gasteiger partial charge in [-0.15, -0.1) is 8.58 Å². The Balaban J connectivity index is 1.96. The Morgan fingerprint density at radius 2 is 2.06 bits per heavy atom. The molecule has 1 aromatic heterocycles. The van der Waals surface area contributed by atoms with E-state index in [2.05, 4.69) is 80.0 Å². The van der Waals surface area contributed by atoms with Gasteiger partial charge in [-0.05, 0) is 72.6 Å². The van der Waals surface area contributed by atoms with E-state index >= 15 is 0 Å². The molecule has 3 heteroatoms. The Bertz CT molecular complexity index is 1150. The predicted molar refractivity (Wildman–Crippen MR) is 136 cm³/mol. The number of hydrogen-bond donors (Lipinski definition) is 1. The van der Waals surface area contributed by atoms with Crippen molar-refractivity contribution in [2.24, 2.45) is 0 Å². The van der Waals surface area contributed by atoms with Crippen LogP contribution in [0.2, 0.25) is 0 Å². The lowest BCUT2D eigenvalue weighted by atomic mass is 9.82. The Labute approximate surface area is 187 Å². The lowest BCUT2D eigenvalue weighted by molar-refractivity contribution is 0.414. The van der Waals surface area contributed by atoms with Crippen molar-refractivity contribution < 1.29 is 4.74 Å². The van der Waals surface area contributed by atoms with E-state index in [0.717, 1.165) is 26.3 Å². The van der Waals surface area contributed by atoms with Crippen LogP contribution < -0.4 is 4.74 Å². The minimum Gasteiger partial charge on any atom is -0.497 e. The van der Waals surface area contributed by atoms with Crippen molar-refractivity contribution in [2.75, 3.05) is 19.4 Å². The van der Waals surface area contributed by atoms with Gasteiger partial charge in [0.25, 0.3) is 0 Å². The fourth-order valence-electron chi connectivity index (χ4n) is 4.60. The molecule has 2 heterocycles. The highest BCUT2D eigenvalue weighted by atomic mass is 31.1. The van der Waals surface area contributed by atoms with E-state index in [9.17, 15) is 0 Å². The molecule has 31 heavy (non-hydrogen) atoms. The number of benzene rings is 2. The van der Waals surface area contributed by atoms with Crippen LogP contribution in [0.15, 0.2) is 84.0 Å². The van der Waals surface area contributed by atoms with E-state index in [4.69, 9.17) is 4.74 Å². The van der Waals surface area contributed by atoms with Crippen LogP contribution in [0.4, 0.5) is 0 Å². The van der Waals surface area contributed by atoms with E-state index in [1.165, 1.54) is 57.6 Å². The summed E-state index contributed by atoms with van der Waals surface area (Å²) < 4.78 is 5.58. The van der Waals surface area contributed by atoms with Gasteiger partial charge in [0, 0.05) is 22.5 Å². The molecule has 0 spiro atoms. The topological polar surface area (TPSA) is 25.0 Å². The van der Waals surface area contributed by atoms with E-state index in [-0.39, 0.29) is 5.92 Å². The van der Waals surface area contributed by atoms with Gasteiger partial charge < -0.3 is 9.72 Å². The summed E-state index contributed by atoms with van der Waals surface area (Å²) in [6, 6.07) is 17.1. The second-order valence-electron chi connectivity index (χ2n) is 8.25. The molecule has 0 saturated carbocycles. The molecule has 1 aliphatic rings.